The van der Waals surface area contributed by atoms with E-state index in [1.807, 2.05) is 24.3 Å². The SMILES string of the molecule is NCc1ccccc1OCC(O)CN1CCCC1. The number of aliphatic hydroxyl groups excluding tert-OH is 1. The van der Waals surface area contributed by atoms with Crippen molar-refractivity contribution in [3.63, 3.8) is 0 Å². The molecular formula is C14H22N2O2. The minimum Gasteiger partial charge on any atom is -0.491 e. The van der Waals surface area contributed by atoms with Gasteiger partial charge >= 0.3 is 0 Å². The zero-order valence-corrected chi connectivity index (χ0v) is 10.7. The maximum Gasteiger partial charge on any atom is 0.123 e. The number of nitrogens with two attached hydrogens (primary N) is 1. The lowest BCUT2D eigenvalue weighted by Gasteiger charge is -2.20. The molecule has 18 heavy (non-hydrogen) atoms. The first-order valence-corrected chi connectivity index (χ1v) is 6.61. The highest BCUT2D eigenvalue weighted by Crippen LogP contribution is 2.17. The monoisotopic (exact) mass is 250 g/mol. The number of benzene rings is 1. The molecule has 1 fully saturated rings. The molecule has 0 bridgehead atoms. The van der Waals surface area contributed by atoms with E-state index in [9.17, 15) is 5.11 Å². The summed E-state index contributed by atoms with van der Waals surface area (Å²) in [6, 6.07) is 7.70. The van der Waals surface area contributed by atoms with Crippen LogP contribution in [0.3, 0.4) is 0 Å². The summed E-state index contributed by atoms with van der Waals surface area (Å²) in [5.74, 6) is 0.778. The van der Waals surface area contributed by atoms with Crippen molar-refractivity contribution in [1.82, 2.24) is 4.90 Å². The molecule has 1 aromatic rings. The quantitative estimate of drug-likeness (QED) is 0.790. The highest BCUT2D eigenvalue weighted by Gasteiger charge is 2.16. The van der Waals surface area contributed by atoms with Crippen molar-refractivity contribution in [2.75, 3.05) is 26.2 Å². The number of rotatable bonds is 6. The molecule has 3 N–H and O–H groups in total. The molecule has 0 spiro atoms. The van der Waals surface area contributed by atoms with Crippen molar-refractivity contribution in [2.45, 2.75) is 25.5 Å². The lowest BCUT2D eigenvalue weighted by Crippen LogP contribution is -2.33. The number of aliphatic hydroxyl groups is 1. The summed E-state index contributed by atoms with van der Waals surface area (Å²) in [5.41, 5.74) is 6.62. The van der Waals surface area contributed by atoms with Gasteiger partial charge in [-0.1, -0.05) is 18.2 Å². The Kier molecular flexibility index (Phi) is 4.99. The Morgan fingerprint density at radius 2 is 2.00 bits per heavy atom. The number of likely N-dealkylation sites (tertiary alicyclic amines) is 1. The summed E-state index contributed by atoms with van der Waals surface area (Å²) in [6.07, 6.45) is 2.04. The first-order valence-electron chi connectivity index (χ1n) is 6.61. The van der Waals surface area contributed by atoms with Gasteiger partial charge in [-0.2, -0.15) is 0 Å². The molecule has 1 atom stereocenters. The van der Waals surface area contributed by atoms with Gasteiger partial charge in [0.2, 0.25) is 0 Å². The number of nitrogens with zero attached hydrogens (tertiary/aromatic N) is 1. The maximum absolute atomic E-state index is 9.94. The van der Waals surface area contributed by atoms with Crippen molar-refractivity contribution in [3.8, 4) is 5.75 Å². The van der Waals surface area contributed by atoms with E-state index in [4.69, 9.17) is 10.5 Å². The zero-order chi connectivity index (χ0) is 12.8. The van der Waals surface area contributed by atoms with E-state index in [-0.39, 0.29) is 0 Å². The highest BCUT2D eigenvalue weighted by atomic mass is 16.5. The smallest absolute Gasteiger partial charge is 0.123 e. The molecule has 4 nitrogen and oxygen atoms in total. The van der Waals surface area contributed by atoms with E-state index < -0.39 is 6.10 Å². The second kappa shape index (κ2) is 6.73. The van der Waals surface area contributed by atoms with Crippen LogP contribution in [-0.2, 0) is 6.54 Å². The molecule has 0 amide bonds. The molecule has 1 unspecified atom stereocenters. The van der Waals surface area contributed by atoms with Gasteiger partial charge in [0, 0.05) is 18.7 Å². The van der Waals surface area contributed by atoms with Crippen molar-refractivity contribution >= 4 is 0 Å². The summed E-state index contributed by atoms with van der Waals surface area (Å²) in [6.45, 7) is 3.67. The Morgan fingerprint density at radius 1 is 1.28 bits per heavy atom. The maximum atomic E-state index is 9.94. The molecule has 4 heteroatoms. The topological polar surface area (TPSA) is 58.7 Å². The third-order valence-electron chi connectivity index (χ3n) is 3.29. The standard InChI is InChI=1S/C14H22N2O2/c15-9-12-5-1-2-6-14(12)18-11-13(17)10-16-7-3-4-8-16/h1-2,5-6,13,17H,3-4,7-11,15H2. The minimum atomic E-state index is -0.436. The van der Waals surface area contributed by atoms with Gasteiger partial charge in [0.1, 0.15) is 18.5 Å². The van der Waals surface area contributed by atoms with Crippen LogP contribution in [0.4, 0.5) is 0 Å². The van der Waals surface area contributed by atoms with Gasteiger partial charge in [-0.3, -0.25) is 0 Å². The van der Waals surface area contributed by atoms with Crippen LogP contribution in [0.15, 0.2) is 24.3 Å². The summed E-state index contributed by atoms with van der Waals surface area (Å²) in [5, 5.41) is 9.94. The van der Waals surface area contributed by atoms with Gasteiger partial charge in [-0.25, -0.2) is 0 Å². The van der Waals surface area contributed by atoms with Crippen LogP contribution < -0.4 is 10.5 Å². The van der Waals surface area contributed by atoms with Crippen LogP contribution in [0.25, 0.3) is 0 Å². The Bertz CT molecular complexity index is 365. The van der Waals surface area contributed by atoms with Gasteiger partial charge < -0.3 is 20.5 Å². The number of hydrogen-bond acceptors (Lipinski definition) is 4. The van der Waals surface area contributed by atoms with Crippen LogP contribution in [0.5, 0.6) is 5.75 Å². The zero-order valence-electron chi connectivity index (χ0n) is 10.7. The highest BCUT2D eigenvalue weighted by molar-refractivity contribution is 5.32. The van der Waals surface area contributed by atoms with Gasteiger partial charge in [0.15, 0.2) is 0 Å². The second-order valence-electron chi connectivity index (χ2n) is 4.78. The van der Waals surface area contributed by atoms with E-state index in [2.05, 4.69) is 4.90 Å². The number of hydrogen-bond donors (Lipinski definition) is 2. The lowest BCUT2D eigenvalue weighted by atomic mass is 10.2. The van der Waals surface area contributed by atoms with E-state index in [0.29, 0.717) is 19.7 Å². The molecule has 1 aliphatic rings. The molecule has 0 radical (unpaired) electrons. The molecule has 1 saturated heterocycles. The number of para-hydroxylation sites is 1. The fraction of sp³-hybridized carbons (Fsp3) is 0.571. The largest absolute Gasteiger partial charge is 0.491 e. The third kappa shape index (κ3) is 3.70. The minimum absolute atomic E-state index is 0.327. The van der Waals surface area contributed by atoms with E-state index in [0.717, 1.165) is 24.4 Å². The molecule has 0 aromatic heterocycles. The molecule has 100 valence electrons. The van der Waals surface area contributed by atoms with Crippen molar-refractivity contribution in [1.29, 1.82) is 0 Å². The average Bonchev–Trinajstić information content (AvgIpc) is 2.89. The average molecular weight is 250 g/mol. The first kappa shape index (κ1) is 13.3. The predicted octanol–water partition coefficient (Wildman–Crippen LogP) is 0.981. The van der Waals surface area contributed by atoms with Crippen molar-refractivity contribution in [3.05, 3.63) is 29.8 Å². The second-order valence-corrected chi connectivity index (χ2v) is 4.78. The van der Waals surface area contributed by atoms with Crippen LogP contribution in [-0.4, -0.2) is 42.4 Å². The van der Waals surface area contributed by atoms with Gasteiger partial charge in [-0.05, 0) is 32.0 Å². The van der Waals surface area contributed by atoms with Gasteiger partial charge in [-0.15, -0.1) is 0 Å². The molecule has 2 rings (SSSR count). The lowest BCUT2D eigenvalue weighted by molar-refractivity contribution is 0.0755. The Morgan fingerprint density at radius 3 is 2.72 bits per heavy atom. The third-order valence-corrected chi connectivity index (χ3v) is 3.29. The number of β-amino-alcohol motifs (C(OH)–C–C–N with tert-alkyl or cyclic N) is 1. The van der Waals surface area contributed by atoms with Crippen LogP contribution in [0.2, 0.25) is 0 Å². The normalized spacial score (nSPS) is 17.9. The molecule has 0 aliphatic carbocycles. The predicted molar refractivity (Wildman–Crippen MR) is 71.5 cm³/mol. The van der Waals surface area contributed by atoms with Gasteiger partial charge in [0.05, 0.1) is 0 Å². The van der Waals surface area contributed by atoms with E-state index in [1.165, 1.54) is 12.8 Å². The van der Waals surface area contributed by atoms with Crippen molar-refractivity contribution < 1.29 is 9.84 Å². The Balaban J connectivity index is 1.79. The first-order chi connectivity index (χ1) is 8.79. The molecule has 0 saturated carbocycles. The Labute approximate surface area is 108 Å². The molecule has 1 heterocycles. The number of ether oxygens (including phenoxy) is 1. The summed E-state index contributed by atoms with van der Waals surface area (Å²) in [4.78, 5) is 2.28. The van der Waals surface area contributed by atoms with Crippen LogP contribution in [0.1, 0.15) is 18.4 Å². The molecule has 1 aliphatic heterocycles. The van der Waals surface area contributed by atoms with Crippen LogP contribution in [0, 0.1) is 0 Å². The summed E-state index contributed by atoms with van der Waals surface area (Å²) < 4.78 is 5.64. The van der Waals surface area contributed by atoms with Crippen molar-refractivity contribution in [2.24, 2.45) is 5.73 Å². The van der Waals surface area contributed by atoms with E-state index in [1.54, 1.807) is 0 Å². The van der Waals surface area contributed by atoms with Crippen LogP contribution >= 0.6 is 0 Å². The fourth-order valence-corrected chi connectivity index (χ4v) is 2.32. The summed E-state index contributed by atoms with van der Waals surface area (Å²) >= 11 is 0. The Hall–Kier alpha value is -1.10. The summed E-state index contributed by atoms with van der Waals surface area (Å²) in [7, 11) is 0. The van der Waals surface area contributed by atoms with Gasteiger partial charge in [0.25, 0.3) is 0 Å². The molecular weight excluding hydrogens is 228 g/mol. The molecule has 1 aromatic carbocycles. The van der Waals surface area contributed by atoms with E-state index >= 15 is 0 Å². The fourth-order valence-electron chi connectivity index (χ4n) is 2.32.